The second kappa shape index (κ2) is 6.31. The lowest BCUT2D eigenvalue weighted by atomic mass is 10.3. The summed E-state index contributed by atoms with van der Waals surface area (Å²) in [6.07, 6.45) is 0. The average molecular weight is 218 g/mol. The highest BCUT2D eigenvalue weighted by Crippen LogP contribution is 2.18. The van der Waals surface area contributed by atoms with Gasteiger partial charge in [-0.05, 0) is 12.1 Å². The Bertz CT molecular complexity index is 305. The van der Waals surface area contributed by atoms with Gasteiger partial charge in [-0.15, -0.1) is 0 Å². The van der Waals surface area contributed by atoms with Crippen molar-refractivity contribution in [2.24, 2.45) is 0 Å². The van der Waals surface area contributed by atoms with Crippen LogP contribution in [0.1, 0.15) is 0 Å². The number of halogens is 2. The van der Waals surface area contributed by atoms with Crippen LogP contribution in [-0.2, 0) is 4.74 Å². The lowest BCUT2D eigenvalue weighted by Gasteiger charge is -2.07. The van der Waals surface area contributed by atoms with Crippen LogP contribution in [0.15, 0.2) is 18.2 Å². The second-order valence-corrected chi connectivity index (χ2v) is 2.74. The van der Waals surface area contributed by atoms with E-state index in [4.69, 9.17) is 14.6 Å². The van der Waals surface area contributed by atoms with E-state index in [2.05, 4.69) is 0 Å². The molecule has 3 nitrogen and oxygen atoms in total. The molecule has 1 rings (SSSR count). The van der Waals surface area contributed by atoms with Gasteiger partial charge in [0.25, 0.3) is 0 Å². The SMILES string of the molecule is OCCOCCOc1cccc(F)c1F. The zero-order valence-electron chi connectivity index (χ0n) is 8.08. The molecule has 5 heteroatoms. The Morgan fingerprint density at radius 2 is 1.93 bits per heavy atom. The number of hydrogen-bond donors (Lipinski definition) is 1. The Morgan fingerprint density at radius 3 is 2.67 bits per heavy atom. The highest BCUT2D eigenvalue weighted by Gasteiger charge is 2.07. The molecule has 0 aliphatic rings. The van der Waals surface area contributed by atoms with E-state index < -0.39 is 11.6 Å². The molecule has 0 aliphatic heterocycles. The molecule has 0 fully saturated rings. The molecule has 15 heavy (non-hydrogen) atoms. The fraction of sp³-hybridized carbons (Fsp3) is 0.400. The predicted molar refractivity (Wildman–Crippen MR) is 49.8 cm³/mol. The zero-order chi connectivity index (χ0) is 11.1. The largest absolute Gasteiger partial charge is 0.488 e. The van der Waals surface area contributed by atoms with Crippen molar-refractivity contribution in [1.82, 2.24) is 0 Å². The van der Waals surface area contributed by atoms with E-state index in [9.17, 15) is 8.78 Å². The van der Waals surface area contributed by atoms with E-state index in [0.29, 0.717) is 0 Å². The van der Waals surface area contributed by atoms with Crippen molar-refractivity contribution < 1.29 is 23.4 Å². The third-order valence-electron chi connectivity index (χ3n) is 1.64. The van der Waals surface area contributed by atoms with Crippen LogP contribution in [0, 0.1) is 11.6 Å². The van der Waals surface area contributed by atoms with Gasteiger partial charge in [0.15, 0.2) is 11.6 Å². The van der Waals surface area contributed by atoms with E-state index in [-0.39, 0.29) is 32.2 Å². The van der Waals surface area contributed by atoms with Gasteiger partial charge >= 0.3 is 0 Å². The van der Waals surface area contributed by atoms with Crippen LogP contribution in [0.25, 0.3) is 0 Å². The summed E-state index contributed by atoms with van der Waals surface area (Å²) in [7, 11) is 0. The molecule has 0 unspecified atom stereocenters. The number of aliphatic hydroxyl groups is 1. The van der Waals surface area contributed by atoms with E-state index in [1.165, 1.54) is 12.1 Å². The summed E-state index contributed by atoms with van der Waals surface area (Å²) in [5.74, 6) is -2.08. The molecule has 84 valence electrons. The summed E-state index contributed by atoms with van der Waals surface area (Å²) >= 11 is 0. The van der Waals surface area contributed by atoms with Crippen LogP contribution in [0.5, 0.6) is 5.75 Å². The lowest BCUT2D eigenvalue weighted by Crippen LogP contribution is -2.10. The summed E-state index contributed by atoms with van der Waals surface area (Å²) in [4.78, 5) is 0. The summed E-state index contributed by atoms with van der Waals surface area (Å²) in [6, 6.07) is 3.72. The Hall–Kier alpha value is -1.20. The van der Waals surface area contributed by atoms with Gasteiger partial charge < -0.3 is 14.6 Å². The van der Waals surface area contributed by atoms with Gasteiger partial charge in [0, 0.05) is 0 Å². The molecule has 0 spiro atoms. The van der Waals surface area contributed by atoms with E-state index >= 15 is 0 Å². The van der Waals surface area contributed by atoms with E-state index in [0.717, 1.165) is 6.07 Å². The van der Waals surface area contributed by atoms with Gasteiger partial charge in [-0.3, -0.25) is 0 Å². The first kappa shape index (κ1) is 11.9. The maximum atomic E-state index is 13.0. The Morgan fingerprint density at radius 1 is 1.13 bits per heavy atom. The van der Waals surface area contributed by atoms with Gasteiger partial charge in [-0.25, -0.2) is 4.39 Å². The highest BCUT2D eigenvalue weighted by atomic mass is 19.2. The Balaban J connectivity index is 2.34. The maximum absolute atomic E-state index is 13.0. The summed E-state index contributed by atoms with van der Waals surface area (Å²) in [5.41, 5.74) is 0. The Kier molecular flexibility index (Phi) is 5.00. The summed E-state index contributed by atoms with van der Waals surface area (Å²) in [5, 5.41) is 8.39. The van der Waals surface area contributed by atoms with Crippen LogP contribution in [0.3, 0.4) is 0 Å². The number of benzene rings is 1. The smallest absolute Gasteiger partial charge is 0.200 e. The fourth-order valence-corrected chi connectivity index (χ4v) is 0.973. The molecule has 0 bridgehead atoms. The molecule has 0 saturated heterocycles. The van der Waals surface area contributed by atoms with E-state index in [1.807, 2.05) is 0 Å². The molecular formula is C10H12F2O3. The second-order valence-electron chi connectivity index (χ2n) is 2.74. The molecule has 0 aliphatic carbocycles. The first-order valence-electron chi connectivity index (χ1n) is 4.51. The van der Waals surface area contributed by atoms with Gasteiger partial charge in [-0.2, -0.15) is 4.39 Å². The van der Waals surface area contributed by atoms with Crippen molar-refractivity contribution in [2.75, 3.05) is 26.4 Å². The first-order chi connectivity index (χ1) is 7.25. The van der Waals surface area contributed by atoms with Crippen LogP contribution < -0.4 is 4.74 Å². The van der Waals surface area contributed by atoms with Crippen molar-refractivity contribution in [3.8, 4) is 5.75 Å². The quantitative estimate of drug-likeness (QED) is 0.732. The van der Waals surface area contributed by atoms with Crippen LogP contribution in [0.4, 0.5) is 8.78 Å². The van der Waals surface area contributed by atoms with Crippen LogP contribution >= 0.6 is 0 Å². The lowest BCUT2D eigenvalue weighted by molar-refractivity contribution is 0.0694. The van der Waals surface area contributed by atoms with Crippen molar-refractivity contribution in [2.45, 2.75) is 0 Å². The minimum atomic E-state index is -1.00. The van der Waals surface area contributed by atoms with Crippen molar-refractivity contribution in [3.05, 3.63) is 29.8 Å². The minimum Gasteiger partial charge on any atom is -0.488 e. The monoisotopic (exact) mass is 218 g/mol. The molecule has 1 aromatic carbocycles. The normalized spacial score (nSPS) is 10.3. The number of aliphatic hydroxyl groups excluding tert-OH is 1. The van der Waals surface area contributed by atoms with Crippen LogP contribution in [-0.4, -0.2) is 31.5 Å². The minimum absolute atomic E-state index is 0.0751. The molecule has 0 atom stereocenters. The zero-order valence-corrected chi connectivity index (χ0v) is 8.08. The summed E-state index contributed by atoms with van der Waals surface area (Å²) < 4.78 is 35.5. The molecule has 0 heterocycles. The van der Waals surface area contributed by atoms with Gasteiger partial charge in [0.1, 0.15) is 6.61 Å². The van der Waals surface area contributed by atoms with Crippen molar-refractivity contribution >= 4 is 0 Å². The maximum Gasteiger partial charge on any atom is 0.200 e. The number of ether oxygens (including phenoxy) is 2. The molecule has 0 saturated carbocycles. The van der Waals surface area contributed by atoms with Crippen molar-refractivity contribution in [1.29, 1.82) is 0 Å². The predicted octanol–water partition coefficient (Wildman–Crippen LogP) is 1.35. The molecule has 1 aromatic rings. The molecule has 0 radical (unpaired) electrons. The number of rotatable bonds is 6. The first-order valence-corrected chi connectivity index (χ1v) is 4.51. The van der Waals surface area contributed by atoms with Crippen molar-refractivity contribution in [3.63, 3.8) is 0 Å². The Labute approximate surface area is 86.2 Å². The topological polar surface area (TPSA) is 38.7 Å². The molecule has 1 N–H and O–H groups in total. The molecule has 0 amide bonds. The highest BCUT2D eigenvalue weighted by molar-refractivity contribution is 5.24. The van der Waals surface area contributed by atoms with E-state index in [1.54, 1.807) is 0 Å². The summed E-state index contributed by atoms with van der Waals surface area (Å²) in [6.45, 7) is 0.459. The number of hydrogen-bond acceptors (Lipinski definition) is 3. The third kappa shape index (κ3) is 3.81. The third-order valence-corrected chi connectivity index (χ3v) is 1.64. The van der Waals surface area contributed by atoms with Gasteiger partial charge in [0.2, 0.25) is 5.82 Å². The standard InChI is InChI=1S/C10H12F2O3/c11-8-2-1-3-9(10(8)12)15-7-6-14-5-4-13/h1-3,13H,4-7H2. The molecule has 0 aromatic heterocycles. The van der Waals surface area contributed by atoms with Gasteiger partial charge in [-0.1, -0.05) is 6.07 Å². The fourth-order valence-electron chi connectivity index (χ4n) is 0.973. The average Bonchev–Trinajstić information content (AvgIpc) is 2.24. The van der Waals surface area contributed by atoms with Crippen LogP contribution in [0.2, 0.25) is 0 Å². The van der Waals surface area contributed by atoms with Gasteiger partial charge in [0.05, 0.1) is 19.8 Å². The molecular weight excluding hydrogens is 206 g/mol.